The van der Waals surface area contributed by atoms with Crippen molar-refractivity contribution < 1.29 is 9.53 Å². The zero-order valence-electron chi connectivity index (χ0n) is 14.1. The molecule has 0 bridgehead atoms. The number of ether oxygens (including phenoxy) is 1. The Bertz CT molecular complexity index is 957. The van der Waals surface area contributed by atoms with Gasteiger partial charge < -0.3 is 21.2 Å². The quantitative estimate of drug-likeness (QED) is 0.483. The molecule has 0 unspecified atom stereocenters. The molecule has 0 aliphatic rings. The number of hydrogen-bond acceptors (Lipinski definition) is 6. The molecular formula is C19H17N5O2. The molecule has 1 amide bonds. The highest BCUT2D eigenvalue weighted by molar-refractivity contribution is 6.05. The van der Waals surface area contributed by atoms with Crippen molar-refractivity contribution in [3.63, 3.8) is 0 Å². The van der Waals surface area contributed by atoms with Gasteiger partial charge in [0.2, 0.25) is 0 Å². The molecule has 1 heterocycles. The number of nitrogens with two attached hydrogens (primary N) is 1. The van der Waals surface area contributed by atoms with Gasteiger partial charge in [0.05, 0.1) is 0 Å². The first-order chi connectivity index (χ1) is 12.6. The Kier molecular flexibility index (Phi) is 4.89. The summed E-state index contributed by atoms with van der Waals surface area (Å²) in [7, 11) is 0. The normalized spacial score (nSPS) is 10.2. The highest BCUT2D eigenvalue weighted by atomic mass is 16.5. The maximum atomic E-state index is 12.4. The van der Waals surface area contributed by atoms with Crippen LogP contribution in [0.1, 0.15) is 21.5 Å². The predicted molar refractivity (Wildman–Crippen MR) is 100.0 cm³/mol. The first-order valence-electron chi connectivity index (χ1n) is 7.83. The summed E-state index contributed by atoms with van der Waals surface area (Å²) in [5.41, 5.74) is 8.63. The van der Waals surface area contributed by atoms with Crippen LogP contribution in [0.2, 0.25) is 0 Å². The van der Waals surface area contributed by atoms with Gasteiger partial charge in [-0.2, -0.15) is 0 Å². The van der Waals surface area contributed by atoms with Crippen molar-refractivity contribution in [1.29, 1.82) is 5.41 Å². The first kappa shape index (κ1) is 17.1. The summed E-state index contributed by atoms with van der Waals surface area (Å²) >= 11 is 0. The Morgan fingerprint density at radius 1 is 1.19 bits per heavy atom. The minimum absolute atomic E-state index is 0.231. The molecule has 0 spiro atoms. The van der Waals surface area contributed by atoms with Crippen molar-refractivity contribution in [1.82, 2.24) is 9.97 Å². The van der Waals surface area contributed by atoms with Crippen LogP contribution >= 0.6 is 0 Å². The summed E-state index contributed by atoms with van der Waals surface area (Å²) in [6.07, 6.45) is 4.32. The lowest BCUT2D eigenvalue weighted by molar-refractivity contribution is 0.102. The molecule has 3 rings (SSSR count). The van der Waals surface area contributed by atoms with Crippen LogP contribution in [0, 0.1) is 12.3 Å². The van der Waals surface area contributed by atoms with Gasteiger partial charge in [0.15, 0.2) is 0 Å². The first-order valence-corrected chi connectivity index (χ1v) is 7.83. The van der Waals surface area contributed by atoms with Gasteiger partial charge in [-0.05, 0) is 36.8 Å². The summed E-state index contributed by atoms with van der Waals surface area (Å²) in [6, 6.07) is 12.0. The van der Waals surface area contributed by atoms with E-state index >= 15 is 0 Å². The number of carbonyl (C=O) groups excluding carboxylic acids is 1. The van der Waals surface area contributed by atoms with Gasteiger partial charge >= 0.3 is 6.01 Å². The predicted octanol–water partition coefficient (Wildman–Crippen LogP) is 3.41. The lowest BCUT2D eigenvalue weighted by atomic mass is 10.1. The number of carbonyl (C=O) groups is 1. The molecule has 26 heavy (non-hydrogen) atoms. The molecule has 0 atom stereocenters. The fourth-order valence-corrected chi connectivity index (χ4v) is 2.27. The maximum Gasteiger partial charge on any atom is 0.321 e. The molecule has 0 aliphatic carbocycles. The molecule has 0 radical (unpaired) electrons. The smallest absolute Gasteiger partial charge is 0.321 e. The van der Waals surface area contributed by atoms with Crippen LogP contribution in [0.5, 0.6) is 11.8 Å². The van der Waals surface area contributed by atoms with Crippen molar-refractivity contribution in [2.75, 3.05) is 11.1 Å². The summed E-state index contributed by atoms with van der Waals surface area (Å²) < 4.78 is 5.67. The molecule has 4 N–H and O–H groups in total. The third-order valence-electron chi connectivity index (χ3n) is 3.69. The lowest BCUT2D eigenvalue weighted by Gasteiger charge is -2.11. The molecule has 0 aliphatic heterocycles. The van der Waals surface area contributed by atoms with Crippen LogP contribution in [0.3, 0.4) is 0 Å². The number of aryl methyl sites for hydroxylation is 1. The number of nitrogens with one attached hydrogen (secondary N) is 2. The van der Waals surface area contributed by atoms with Crippen LogP contribution < -0.4 is 15.8 Å². The van der Waals surface area contributed by atoms with E-state index in [4.69, 9.17) is 15.9 Å². The lowest BCUT2D eigenvalue weighted by Crippen LogP contribution is -2.12. The molecule has 130 valence electrons. The SMILES string of the molecule is Cc1ccc(NC(=O)c2ccc(C=N)c(N)c2)cc1Oc1ncccn1. The van der Waals surface area contributed by atoms with Crippen molar-refractivity contribution in [3.05, 3.63) is 71.5 Å². The van der Waals surface area contributed by atoms with Gasteiger partial charge in [0, 0.05) is 47.2 Å². The highest BCUT2D eigenvalue weighted by Gasteiger charge is 2.10. The Labute approximate surface area is 150 Å². The summed E-state index contributed by atoms with van der Waals surface area (Å²) in [4.78, 5) is 20.5. The number of anilines is 2. The van der Waals surface area contributed by atoms with Crippen molar-refractivity contribution in [2.45, 2.75) is 6.92 Å². The van der Waals surface area contributed by atoms with Gasteiger partial charge in [-0.15, -0.1) is 0 Å². The second kappa shape index (κ2) is 7.43. The molecule has 1 aromatic heterocycles. The Morgan fingerprint density at radius 3 is 2.65 bits per heavy atom. The van der Waals surface area contributed by atoms with Crippen molar-refractivity contribution >= 4 is 23.5 Å². The van der Waals surface area contributed by atoms with Crippen molar-refractivity contribution in [2.24, 2.45) is 0 Å². The molecule has 2 aromatic carbocycles. The van der Waals surface area contributed by atoms with E-state index in [9.17, 15) is 4.79 Å². The van der Waals surface area contributed by atoms with Gasteiger partial charge in [-0.1, -0.05) is 12.1 Å². The molecular weight excluding hydrogens is 330 g/mol. The van der Waals surface area contributed by atoms with E-state index in [1.807, 2.05) is 13.0 Å². The Morgan fingerprint density at radius 2 is 1.96 bits per heavy atom. The number of nitrogens with zero attached hydrogens (tertiary/aromatic N) is 2. The Balaban J connectivity index is 1.79. The third kappa shape index (κ3) is 3.84. The van der Waals surface area contributed by atoms with E-state index in [0.29, 0.717) is 28.3 Å². The number of aromatic nitrogens is 2. The molecule has 0 saturated heterocycles. The monoisotopic (exact) mass is 347 g/mol. The van der Waals surface area contributed by atoms with Crippen LogP contribution in [-0.4, -0.2) is 22.1 Å². The van der Waals surface area contributed by atoms with E-state index in [-0.39, 0.29) is 11.9 Å². The molecule has 3 aromatic rings. The minimum Gasteiger partial charge on any atom is -0.424 e. The van der Waals surface area contributed by atoms with E-state index in [0.717, 1.165) is 11.8 Å². The van der Waals surface area contributed by atoms with E-state index in [1.54, 1.807) is 48.8 Å². The van der Waals surface area contributed by atoms with E-state index < -0.39 is 0 Å². The summed E-state index contributed by atoms with van der Waals surface area (Å²) in [5.74, 6) is 0.242. The summed E-state index contributed by atoms with van der Waals surface area (Å²) in [5, 5.41) is 10.1. The van der Waals surface area contributed by atoms with Gasteiger partial charge in [0.1, 0.15) is 5.75 Å². The fourth-order valence-electron chi connectivity index (χ4n) is 2.27. The fraction of sp³-hybridized carbons (Fsp3) is 0.0526. The highest BCUT2D eigenvalue weighted by Crippen LogP contribution is 2.26. The second-order valence-electron chi connectivity index (χ2n) is 5.56. The molecule has 0 fully saturated rings. The number of amides is 1. The minimum atomic E-state index is -0.306. The zero-order chi connectivity index (χ0) is 18.5. The van der Waals surface area contributed by atoms with Crippen molar-refractivity contribution in [3.8, 4) is 11.8 Å². The topological polar surface area (TPSA) is 114 Å². The number of benzene rings is 2. The number of rotatable bonds is 5. The van der Waals surface area contributed by atoms with Crippen LogP contribution in [-0.2, 0) is 0 Å². The largest absolute Gasteiger partial charge is 0.424 e. The van der Waals surface area contributed by atoms with E-state index in [2.05, 4.69) is 15.3 Å². The average molecular weight is 347 g/mol. The molecule has 0 saturated carbocycles. The van der Waals surface area contributed by atoms with Crippen LogP contribution in [0.15, 0.2) is 54.9 Å². The second-order valence-corrected chi connectivity index (χ2v) is 5.56. The number of nitrogen functional groups attached to an aromatic ring is 1. The zero-order valence-corrected chi connectivity index (χ0v) is 14.1. The van der Waals surface area contributed by atoms with Crippen LogP contribution in [0.4, 0.5) is 11.4 Å². The Hall–Kier alpha value is -3.74. The van der Waals surface area contributed by atoms with Gasteiger partial charge in [-0.25, -0.2) is 9.97 Å². The third-order valence-corrected chi connectivity index (χ3v) is 3.69. The van der Waals surface area contributed by atoms with Gasteiger partial charge in [0.25, 0.3) is 5.91 Å². The molecule has 7 heteroatoms. The van der Waals surface area contributed by atoms with Crippen LogP contribution in [0.25, 0.3) is 0 Å². The maximum absolute atomic E-state index is 12.4. The standard InChI is InChI=1S/C19H17N5O2/c1-12-3-6-15(10-17(12)26-19-22-7-2-8-23-19)24-18(25)13-4-5-14(11-20)16(21)9-13/h2-11,20H,21H2,1H3,(H,24,25). The average Bonchev–Trinajstić information content (AvgIpc) is 2.65. The van der Waals surface area contributed by atoms with E-state index in [1.165, 1.54) is 0 Å². The van der Waals surface area contributed by atoms with Gasteiger partial charge in [-0.3, -0.25) is 4.79 Å². The number of hydrogen-bond donors (Lipinski definition) is 3. The molecule has 7 nitrogen and oxygen atoms in total. The summed E-state index contributed by atoms with van der Waals surface area (Å²) in [6.45, 7) is 1.89.